The Bertz CT molecular complexity index is 1360. The lowest BCUT2D eigenvalue weighted by Crippen LogP contribution is -2.25. The van der Waals surface area contributed by atoms with E-state index >= 15 is 0 Å². The summed E-state index contributed by atoms with van der Waals surface area (Å²) in [6.45, 7) is 1.57. The van der Waals surface area contributed by atoms with Crippen molar-refractivity contribution in [2.24, 2.45) is 0 Å². The summed E-state index contributed by atoms with van der Waals surface area (Å²) >= 11 is 5.85. The van der Waals surface area contributed by atoms with Gasteiger partial charge in [0.25, 0.3) is 5.91 Å². The fraction of sp³-hybridized carbons (Fsp3) is 0.167. The number of imidazole rings is 1. The maximum absolute atomic E-state index is 14.3. The summed E-state index contributed by atoms with van der Waals surface area (Å²) in [7, 11) is 0. The van der Waals surface area contributed by atoms with Crippen LogP contribution in [0.1, 0.15) is 35.4 Å². The van der Waals surface area contributed by atoms with E-state index in [4.69, 9.17) is 11.6 Å². The van der Waals surface area contributed by atoms with Crippen molar-refractivity contribution in [2.45, 2.75) is 19.4 Å². The van der Waals surface area contributed by atoms with Crippen LogP contribution >= 0.6 is 11.6 Å². The molecular weight excluding hydrogens is 461 g/mol. The highest BCUT2D eigenvalue weighted by atomic mass is 35.5. The van der Waals surface area contributed by atoms with Crippen LogP contribution in [0.25, 0.3) is 16.9 Å². The van der Waals surface area contributed by atoms with Crippen LogP contribution in [0.3, 0.4) is 0 Å². The lowest BCUT2D eigenvalue weighted by Gasteiger charge is -2.12. The van der Waals surface area contributed by atoms with Gasteiger partial charge >= 0.3 is 0 Å². The number of aliphatic hydroxyl groups excluding tert-OH is 1. The van der Waals surface area contributed by atoms with E-state index in [1.165, 1.54) is 23.6 Å². The number of benzene rings is 2. The molecule has 1 atom stereocenters. The minimum atomic E-state index is -0.769. The van der Waals surface area contributed by atoms with Crippen LogP contribution in [0.2, 0.25) is 5.02 Å². The molecule has 0 aliphatic heterocycles. The van der Waals surface area contributed by atoms with Crippen molar-refractivity contribution in [1.82, 2.24) is 19.9 Å². The zero-order chi connectivity index (χ0) is 24.2. The lowest BCUT2D eigenvalue weighted by atomic mass is 10.1. The maximum atomic E-state index is 14.3. The summed E-state index contributed by atoms with van der Waals surface area (Å²) in [6, 6.07) is 14.1. The van der Waals surface area contributed by atoms with Gasteiger partial charge in [0.2, 0.25) is 5.91 Å². The van der Waals surface area contributed by atoms with Crippen molar-refractivity contribution in [3.05, 3.63) is 82.8 Å². The summed E-state index contributed by atoms with van der Waals surface area (Å²) in [4.78, 5) is 28.1. The van der Waals surface area contributed by atoms with Crippen LogP contribution in [-0.2, 0) is 4.79 Å². The molecule has 0 spiro atoms. The van der Waals surface area contributed by atoms with Crippen molar-refractivity contribution < 1.29 is 19.1 Å². The Kier molecular flexibility index (Phi) is 6.85. The van der Waals surface area contributed by atoms with E-state index in [1.807, 2.05) is 0 Å². The summed E-state index contributed by atoms with van der Waals surface area (Å²) < 4.78 is 15.8. The molecule has 0 aliphatic rings. The van der Waals surface area contributed by atoms with E-state index in [2.05, 4.69) is 20.7 Å². The number of hydrogen-bond donors (Lipinski definition) is 3. The van der Waals surface area contributed by atoms with Gasteiger partial charge in [-0.05, 0) is 54.4 Å². The first-order valence-corrected chi connectivity index (χ1v) is 10.8. The number of fused-ring (bicyclic) bond motifs is 1. The molecule has 0 saturated carbocycles. The van der Waals surface area contributed by atoms with Gasteiger partial charge in [-0.3, -0.25) is 9.59 Å². The molecule has 4 rings (SSSR count). The van der Waals surface area contributed by atoms with Crippen molar-refractivity contribution >= 4 is 34.9 Å². The number of halogens is 2. The fourth-order valence-electron chi connectivity index (χ4n) is 3.42. The second-order valence-corrected chi connectivity index (χ2v) is 8.11. The molecule has 0 bridgehead atoms. The lowest BCUT2D eigenvalue weighted by molar-refractivity contribution is -0.114. The topological polar surface area (TPSA) is 109 Å². The SMILES string of the molecule is CC(=O)Nc1cn2nc(-c3cc(F)cc(C(=O)NCCC(O)c4ccc(Cl)cc4)c3)ccc2n1. The van der Waals surface area contributed by atoms with Crippen LogP contribution in [0.4, 0.5) is 10.2 Å². The number of nitrogens with zero attached hydrogens (tertiary/aromatic N) is 3. The third kappa shape index (κ3) is 5.56. The monoisotopic (exact) mass is 481 g/mol. The average Bonchev–Trinajstić information content (AvgIpc) is 3.19. The Labute approximate surface area is 199 Å². The van der Waals surface area contributed by atoms with Crippen molar-refractivity contribution in [2.75, 3.05) is 11.9 Å². The van der Waals surface area contributed by atoms with Crippen LogP contribution in [0.5, 0.6) is 0 Å². The highest BCUT2D eigenvalue weighted by Crippen LogP contribution is 2.22. The molecule has 0 aliphatic carbocycles. The standard InChI is InChI=1S/C24H21ClFN5O3/c1-14(32)28-22-13-31-23(29-22)7-6-20(30-31)16-10-17(12-19(26)11-16)24(34)27-9-8-21(33)15-2-4-18(25)5-3-15/h2-7,10-13,21,33H,8-9H2,1H3,(H,27,34)(H,28,32). The van der Waals surface area contributed by atoms with E-state index in [-0.39, 0.29) is 24.4 Å². The highest BCUT2D eigenvalue weighted by molar-refractivity contribution is 6.30. The smallest absolute Gasteiger partial charge is 0.251 e. The number of carbonyl (C=O) groups is 2. The van der Waals surface area contributed by atoms with Gasteiger partial charge in [-0.25, -0.2) is 13.9 Å². The van der Waals surface area contributed by atoms with Crippen molar-refractivity contribution in [1.29, 1.82) is 0 Å². The van der Waals surface area contributed by atoms with Crippen molar-refractivity contribution in [3.8, 4) is 11.3 Å². The Balaban J connectivity index is 1.46. The normalized spacial score (nSPS) is 11.9. The third-order valence-electron chi connectivity index (χ3n) is 5.04. The predicted octanol–water partition coefficient (Wildman–Crippen LogP) is 4.00. The second-order valence-electron chi connectivity index (χ2n) is 7.67. The average molecular weight is 482 g/mol. The van der Waals surface area contributed by atoms with Gasteiger partial charge in [-0.2, -0.15) is 5.10 Å². The molecule has 8 nitrogen and oxygen atoms in total. The minimum Gasteiger partial charge on any atom is -0.388 e. The van der Waals surface area contributed by atoms with E-state index in [9.17, 15) is 19.1 Å². The summed E-state index contributed by atoms with van der Waals surface area (Å²) in [5.74, 6) is -0.974. The largest absolute Gasteiger partial charge is 0.388 e. The van der Waals surface area contributed by atoms with E-state index in [1.54, 1.807) is 42.6 Å². The molecule has 1 unspecified atom stereocenters. The number of aromatic nitrogens is 3. The third-order valence-corrected chi connectivity index (χ3v) is 5.29. The Morgan fingerprint density at radius 1 is 1.15 bits per heavy atom. The number of amides is 2. The summed E-state index contributed by atoms with van der Waals surface area (Å²) in [5.41, 5.74) is 2.15. The van der Waals surface area contributed by atoms with Gasteiger partial charge < -0.3 is 15.7 Å². The molecule has 0 radical (unpaired) electrons. The number of rotatable bonds is 7. The molecule has 174 valence electrons. The first-order valence-electron chi connectivity index (χ1n) is 10.5. The fourth-order valence-corrected chi connectivity index (χ4v) is 3.55. The molecule has 10 heteroatoms. The van der Waals surface area contributed by atoms with Gasteiger partial charge in [-0.1, -0.05) is 23.7 Å². The van der Waals surface area contributed by atoms with Crippen LogP contribution in [-0.4, -0.2) is 38.1 Å². The summed E-state index contributed by atoms with van der Waals surface area (Å²) in [5, 5.41) is 20.5. The zero-order valence-corrected chi connectivity index (χ0v) is 18.9. The number of carbonyl (C=O) groups excluding carboxylic acids is 2. The minimum absolute atomic E-state index is 0.127. The molecule has 2 heterocycles. The Morgan fingerprint density at radius 2 is 1.91 bits per heavy atom. The first-order chi connectivity index (χ1) is 16.3. The Morgan fingerprint density at radius 3 is 2.65 bits per heavy atom. The van der Waals surface area contributed by atoms with Gasteiger partial charge in [0.05, 0.1) is 18.0 Å². The number of anilines is 1. The molecule has 34 heavy (non-hydrogen) atoms. The van der Waals surface area contributed by atoms with Gasteiger partial charge in [0.15, 0.2) is 11.5 Å². The van der Waals surface area contributed by atoms with Gasteiger partial charge in [0.1, 0.15) is 5.82 Å². The number of nitrogens with one attached hydrogen (secondary N) is 2. The van der Waals surface area contributed by atoms with Crippen LogP contribution < -0.4 is 10.6 Å². The molecule has 3 N–H and O–H groups in total. The van der Waals surface area contributed by atoms with Crippen LogP contribution in [0, 0.1) is 5.82 Å². The van der Waals surface area contributed by atoms with Gasteiger partial charge in [-0.15, -0.1) is 0 Å². The second kappa shape index (κ2) is 9.98. The van der Waals surface area contributed by atoms with E-state index in [0.717, 1.165) is 6.07 Å². The van der Waals surface area contributed by atoms with E-state index in [0.29, 0.717) is 33.3 Å². The molecule has 2 aromatic carbocycles. The maximum Gasteiger partial charge on any atom is 0.251 e. The molecule has 0 saturated heterocycles. The quantitative estimate of drug-likeness (QED) is 0.369. The zero-order valence-electron chi connectivity index (χ0n) is 18.1. The summed E-state index contributed by atoms with van der Waals surface area (Å²) in [6.07, 6.45) is 1.05. The number of hydrogen-bond acceptors (Lipinski definition) is 5. The predicted molar refractivity (Wildman–Crippen MR) is 126 cm³/mol. The molecule has 2 aromatic heterocycles. The van der Waals surface area contributed by atoms with E-state index < -0.39 is 17.8 Å². The first kappa shape index (κ1) is 23.3. The van der Waals surface area contributed by atoms with Gasteiger partial charge in [0, 0.05) is 29.6 Å². The molecule has 2 amide bonds. The van der Waals surface area contributed by atoms with Crippen LogP contribution in [0.15, 0.2) is 60.8 Å². The molecule has 0 fully saturated rings. The highest BCUT2D eigenvalue weighted by Gasteiger charge is 2.13. The number of aliphatic hydroxyl groups is 1. The Hall–Kier alpha value is -3.82. The van der Waals surface area contributed by atoms with Crippen molar-refractivity contribution in [3.63, 3.8) is 0 Å². The molecular formula is C24H21ClFN5O3. The molecule has 4 aromatic rings.